The van der Waals surface area contributed by atoms with E-state index < -0.39 is 10.0 Å². The zero-order chi connectivity index (χ0) is 24.0. The Hall–Kier alpha value is -3.32. The first-order chi connectivity index (χ1) is 15.6. The van der Waals surface area contributed by atoms with Gasteiger partial charge in [-0.1, -0.05) is 26.0 Å². The standard InChI is InChI=1S/C26H30N2O4S/c1-18(2)12-13-32-24-7-5-6-21(17-24)26(29)27-22-8-10-25(11-9-22)33(30,31)28-23-15-19(3)14-20(4)16-23/h5-11,14-18,28H,12-13H2,1-4H3,(H,27,29). The molecule has 1 amide bonds. The van der Waals surface area contributed by atoms with Crippen LogP contribution in [0.15, 0.2) is 71.6 Å². The third kappa shape index (κ3) is 7.08. The Morgan fingerprint density at radius 2 is 1.58 bits per heavy atom. The summed E-state index contributed by atoms with van der Waals surface area (Å²) < 4.78 is 33.8. The first-order valence-electron chi connectivity index (χ1n) is 10.9. The lowest BCUT2D eigenvalue weighted by molar-refractivity contribution is 0.102. The highest BCUT2D eigenvalue weighted by molar-refractivity contribution is 7.92. The third-order valence-electron chi connectivity index (χ3n) is 4.96. The zero-order valence-corrected chi connectivity index (χ0v) is 20.2. The van der Waals surface area contributed by atoms with Gasteiger partial charge in [-0.2, -0.15) is 0 Å². The topological polar surface area (TPSA) is 84.5 Å². The van der Waals surface area contributed by atoms with E-state index in [0.29, 0.717) is 35.2 Å². The number of benzene rings is 3. The van der Waals surface area contributed by atoms with E-state index in [2.05, 4.69) is 23.9 Å². The van der Waals surface area contributed by atoms with Gasteiger partial charge in [0.1, 0.15) is 5.75 Å². The quantitative estimate of drug-likeness (QED) is 0.419. The fourth-order valence-electron chi connectivity index (χ4n) is 3.31. The molecule has 3 rings (SSSR count). The minimum atomic E-state index is -3.74. The van der Waals surface area contributed by atoms with Crippen LogP contribution in [0.3, 0.4) is 0 Å². The lowest BCUT2D eigenvalue weighted by Gasteiger charge is -2.11. The smallest absolute Gasteiger partial charge is 0.261 e. The van der Waals surface area contributed by atoms with Crippen molar-refractivity contribution in [2.45, 2.75) is 39.0 Å². The molecule has 0 radical (unpaired) electrons. The Morgan fingerprint density at radius 3 is 2.21 bits per heavy atom. The number of hydrogen-bond acceptors (Lipinski definition) is 4. The Bertz CT molecular complexity index is 1200. The summed E-state index contributed by atoms with van der Waals surface area (Å²) in [6.45, 7) is 8.67. The fraction of sp³-hybridized carbons (Fsp3) is 0.269. The molecular formula is C26H30N2O4S. The molecule has 174 valence electrons. The van der Waals surface area contributed by atoms with Crippen LogP contribution < -0.4 is 14.8 Å². The van der Waals surface area contributed by atoms with Crippen LogP contribution in [-0.4, -0.2) is 20.9 Å². The van der Waals surface area contributed by atoms with E-state index in [1.54, 1.807) is 42.5 Å². The summed E-state index contributed by atoms with van der Waals surface area (Å²) in [6, 6.07) is 18.6. The molecule has 3 aromatic rings. The summed E-state index contributed by atoms with van der Waals surface area (Å²) in [5.74, 6) is 0.884. The monoisotopic (exact) mass is 466 g/mol. The Morgan fingerprint density at radius 1 is 0.909 bits per heavy atom. The molecule has 0 aliphatic heterocycles. The molecule has 0 atom stereocenters. The Kier molecular flexibility index (Phi) is 7.76. The van der Waals surface area contributed by atoms with Crippen LogP contribution >= 0.6 is 0 Å². The molecule has 0 heterocycles. The van der Waals surface area contributed by atoms with Crippen molar-refractivity contribution in [1.29, 1.82) is 0 Å². The minimum absolute atomic E-state index is 0.111. The first kappa shape index (κ1) is 24.3. The van der Waals surface area contributed by atoms with E-state index in [4.69, 9.17) is 4.74 Å². The molecule has 0 unspecified atom stereocenters. The lowest BCUT2D eigenvalue weighted by Crippen LogP contribution is -2.14. The highest BCUT2D eigenvalue weighted by Gasteiger charge is 2.15. The van der Waals surface area contributed by atoms with Crippen LogP contribution in [0.25, 0.3) is 0 Å². The van der Waals surface area contributed by atoms with Crippen molar-refractivity contribution in [3.05, 3.63) is 83.4 Å². The number of anilines is 2. The van der Waals surface area contributed by atoms with Crippen LogP contribution in [0.5, 0.6) is 5.75 Å². The number of aryl methyl sites for hydroxylation is 2. The second kappa shape index (κ2) is 10.5. The zero-order valence-electron chi connectivity index (χ0n) is 19.4. The van der Waals surface area contributed by atoms with Gasteiger partial charge in [-0.05, 0) is 91.9 Å². The van der Waals surface area contributed by atoms with Crippen molar-refractivity contribution in [3.8, 4) is 5.75 Å². The minimum Gasteiger partial charge on any atom is -0.494 e. The molecule has 6 nitrogen and oxygen atoms in total. The molecule has 0 fully saturated rings. The SMILES string of the molecule is Cc1cc(C)cc(NS(=O)(=O)c2ccc(NC(=O)c3cccc(OCCC(C)C)c3)cc2)c1. The van der Waals surface area contributed by atoms with Crippen molar-refractivity contribution in [2.24, 2.45) is 5.92 Å². The van der Waals surface area contributed by atoms with Crippen LogP contribution in [0.4, 0.5) is 11.4 Å². The number of hydrogen-bond donors (Lipinski definition) is 2. The van der Waals surface area contributed by atoms with Crippen LogP contribution in [0, 0.1) is 19.8 Å². The van der Waals surface area contributed by atoms with Crippen molar-refractivity contribution in [3.63, 3.8) is 0 Å². The van der Waals surface area contributed by atoms with Gasteiger partial charge in [-0.15, -0.1) is 0 Å². The van der Waals surface area contributed by atoms with Gasteiger partial charge in [0, 0.05) is 16.9 Å². The van der Waals surface area contributed by atoms with Gasteiger partial charge in [0.2, 0.25) is 0 Å². The molecule has 2 N–H and O–H groups in total. The van der Waals surface area contributed by atoms with E-state index in [-0.39, 0.29) is 10.8 Å². The van der Waals surface area contributed by atoms with E-state index >= 15 is 0 Å². The Labute approximate surface area is 196 Å². The molecule has 0 aromatic heterocycles. The van der Waals surface area contributed by atoms with E-state index in [1.807, 2.05) is 26.0 Å². The predicted molar refractivity (Wildman–Crippen MR) is 133 cm³/mol. The number of carbonyl (C=O) groups is 1. The highest BCUT2D eigenvalue weighted by Crippen LogP contribution is 2.21. The molecule has 0 aliphatic rings. The van der Waals surface area contributed by atoms with Crippen LogP contribution in [0.2, 0.25) is 0 Å². The highest BCUT2D eigenvalue weighted by atomic mass is 32.2. The number of sulfonamides is 1. The summed E-state index contributed by atoms with van der Waals surface area (Å²) in [5.41, 5.74) is 3.42. The first-order valence-corrected chi connectivity index (χ1v) is 12.4. The number of carbonyl (C=O) groups excluding carboxylic acids is 1. The number of ether oxygens (including phenoxy) is 1. The van der Waals surface area contributed by atoms with Crippen LogP contribution in [-0.2, 0) is 10.0 Å². The second-order valence-electron chi connectivity index (χ2n) is 8.52. The predicted octanol–water partition coefficient (Wildman–Crippen LogP) is 5.78. The summed E-state index contributed by atoms with van der Waals surface area (Å²) >= 11 is 0. The third-order valence-corrected chi connectivity index (χ3v) is 6.35. The van der Waals surface area contributed by atoms with Gasteiger partial charge in [-0.3, -0.25) is 9.52 Å². The van der Waals surface area contributed by atoms with E-state index in [0.717, 1.165) is 17.5 Å². The number of nitrogens with one attached hydrogen (secondary N) is 2. The van der Waals surface area contributed by atoms with Crippen molar-refractivity contribution >= 4 is 27.3 Å². The molecule has 0 spiro atoms. The van der Waals surface area contributed by atoms with Gasteiger partial charge in [-0.25, -0.2) is 8.42 Å². The maximum Gasteiger partial charge on any atom is 0.261 e. The lowest BCUT2D eigenvalue weighted by atomic mass is 10.1. The number of rotatable bonds is 9. The summed E-state index contributed by atoms with van der Waals surface area (Å²) in [7, 11) is -3.74. The van der Waals surface area contributed by atoms with Gasteiger partial charge in [0.15, 0.2) is 0 Å². The summed E-state index contributed by atoms with van der Waals surface area (Å²) in [6.07, 6.45) is 0.935. The molecule has 0 aliphatic carbocycles. The van der Waals surface area contributed by atoms with Gasteiger partial charge < -0.3 is 10.1 Å². The maximum absolute atomic E-state index is 12.7. The Balaban J connectivity index is 1.66. The van der Waals surface area contributed by atoms with E-state index in [1.165, 1.54) is 12.1 Å². The molecule has 0 saturated heterocycles. The fourth-order valence-corrected chi connectivity index (χ4v) is 4.35. The van der Waals surface area contributed by atoms with Crippen molar-refractivity contribution in [1.82, 2.24) is 0 Å². The van der Waals surface area contributed by atoms with Crippen molar-refractivity contribution < 1.29 is 17.9 Å². The average Bonchev–Trinajstić information content (AvgIpc) is 2.73. The van der Waals surface area contributed by atoms with Gasteiger partial charge in [0.25, 0.3) is 15.9 Å². The normalized spacial score (nSPS) is 11.3. The molecule has 0 saturated carbocycles. The molecular weight excluding hydrogens is 436 g/mol. The molecule has 33 heavy (non-hydrogen) atoms. The van der Waals surface area contributed by atoms with Gasteiger partial charge in [0.05, 0.1) is 11.5 Å². The molecule has 7 heteroatoms. The van der Waals surface area contributed by atoms with E-state index in [9.17, 15) is 13.2 Å². The van der Waals surface area contributed by atoms with Gasteiger partial charge >= 0.3 is 0 Å². The van der Waals surface area contributed by atoms with Crippen LogP contribution in [0.1, 0.15) is 41.8 Å². The molecule has 3 aromatic carbocycles. The largest absolute Gasteiger partial charge is 0.494 e. The maximum atomic E-state index is 12.7. The molecule has 0 bridgehead atoms. The average molecular weight is 467 g/mol. The summed E-state index contributed by atoms with van der Waals surface area (Å²) in [5, 5.41) is 2.79. The summed E-state index contributed by atoms with van der Waals surface area (Å²) in [4.78, 5) is 12.7. The van der Waals surface area contributed by atoms with Crippen molar-refractivity contribution in [2.75, 3.05) is 16.6 Å². The number of amides is 1. The second-order valence-corrected chi connectivity index (χ2v) is 10.2.